The lowest BCUT2D eigenvalue weighted by atomic mass is 9.76. The van der Waals surface area contributed by atoms with Gasteiger partial charge in [0.25, 0.3) is 0 Å². The Morgan fingerprint density at radius 2 is 2.00 bits per heavy atom. The number of likely N-dealkylation sites (tertiary alicyclic amines) is 1. The first-order valence-corrected chi connectivity index (χ1v) is 7.12. The summed E-state index contributed by atoms with van der Waals surface area (Å²) in [6.07, 6.45) is 4.80. The average Bonchev–Trinajstić information content (AvgIpc) is 2.32. The largest absolute Gasteiger partial charge is 0.480 e. The molecule has 0 aromatic heterocycles. The van der Waals surface area contributed by atoms with Gasteiger partial charge in [-0.25, -0.2) is 4.79 Å². The number of hydrogen-bond donors (Lipinski definition) is 2. The number of carboxylic acids is 1. The molecule has 0 aromatic carbocycles. The Morgan fingerprint density at radius 3 is 2.58 bits per heavy atom. The van der Waals surface area contributed by atoms with E-state index in [1.807, 2.05) is 13.8 Å². The summed E-state index contributed by atoms with van der Waals surface area (Å²) in [7, 11) is 0. The molecule has 1 amide bonds. The standard InChI is InChI=1S/C14H26N2O3/c1-14(2)8-6-10-16(12(14)13(18)19)11(17)7-4-3-5-9-15/h12H,3-10,15H2,1-2H3,(H,18,19). The number of aliphatic carboxylic acids is 1. The number of nitrogens with two attached hydrogens (primary N) is 1. The smallest absolute Gasteiger partial charge is 0.326 e. The van der Waals surface area contributed by atoms with Gasteiger partial charge >= 0.3 is 5.97 Å². The molecular weight excluding hydrogens is 244 g/mol. The summed E-state index contributed by atoms with van der Waals surface area (Å²) in [6.45, 7) is 5.07. The summed E-state index contributed by atoms with van der Waals surface area (Å²) >= 11 is 0. The molecule has 1 fully saturated rings. The zero-order valence-electron chi connectivity index (χ0n) is 12.0. The summed E-state index contributed by atoms with van der Waals surface area (Å²) in [5.41, 5.74) is 5.06. The molecule has 0 aromatic rings. The zero-order chi connectivity index (χ0) is 14.5. The molecule has 1 saturated heterocycles. The lowest BCUT2D eigenvalue weighted by molar-refractivity contribution is -0.158. The minimum absolute atomic E-state index is 0.0304. The van der Waals surface area contributed by atoms with Crippen LogP contribution in [0.4, 0.5) is 0 Å². The summed E-state index contributed by atoms with van der Waals surface area (Å²) in [4.78, 5) is 25.2. The second-order valence-corrected chi connectivity index (χ2v) is 6.02. The van der Waals surface area contributed by atoms with Crippen molar-refractivity contribution in [3.05, 3.63) is 0 Å². The third-order valence-corrected chi connectivity index (χ3v) is 3.92. The predicted molar refractivity (Wildman–Crippen MR) is 73.7 cm³/mol. The van der Waals surface area contributed by atoms with E-state index < -0.39 is 12.0 Å². The van der Waals surface area contributed by atoms with E-state index >= 15 is 0 Å². The third kappa shape index (κ3) is 4.20. The predicted octanol–water partition coefficient (Wildman–Crippen LogP) is 1.61. The first kappa shape index (κ1) is 16.0. The molecule has 0 bridgehead atoms. The Bertz CT molecular complexity index is 329. The van der Waals surface area contributed by atoms with Crippen LogP contribution in [0.5, 0.6) is 0 Å². The Morgan fingerprint density at radius 1 is 1.32 bits per heavy atom. The molecule has 110 valence electrons. The van der Waals surface area contributed by atoms with Crippen LogP contribution in [0.3, 0.4) is 0 Å². The third-order valence-electron chi connectivity index (χ3n) is 3.92. The van der Waals surface area contributed by atoms with Crippen molar-refractivity contribution in [2.24, 2.45) is 11.1 Å². The molecule has 5 nitrogen and oxygen atoms in total. The van der Waals surface area contributed by atoms with E-state index in [9.17, 15) is 14.7 Å². The van der Waals surface area contributed by atoms with E-state index in [1.54, 1.807) is 4.90 Å². The molecule has 0 spiro atoms. The molecule has 1 rings (SSSR count). The Labute approximate surface area is 115 Å². The highest BCUT2D eigenvalue weighted by Gasteiger charge is 2.44. The van der Waals surface area contributed by atoms with Gasteiger partial charge in [-0.1, -0.05) is 20.3 Å². The minimum atomic E-state index is -0.889. The summed E-state index contributed by atoms with van der Waals surface area (Å²) in [6, 6.07) is -0.691. The fourth-order valence-electron chi connectivity index (χ4n) is 2.87. The molecule has 1 aliphatic rings. The van der Waals surface area contributed by atoms with Gasteiger partial charge in [0.2, 0.25) is 5.91 Å². The number of nitrogens with zero attached hydrogens (tertiary/aromatic N) is 1. The molecule has 1 aliphatic heterocycles. The van der Waals surface area contributed by atoms with Crippen molar-refractivity contribution in [2.75, 3.05) is 13.1 Å². The number of rotatable bonds is 6. The molecule has 1 heterocycles. The Hall–Kier alpha value is -1.10. The maximum absolute atomic E-state index is 12.2. The topological polar surface area (TPSA) is 83.6 Å². The van der Waals surface area contributed by atoms with E-state index in [-0.39, 0.29) is 11.3 Å². The number of carboxylic acid groups (broad SMARTS) is 1. The van der Waals surface area contributed by atoms with Crippen molar-refractivity contribution in [1.29, 1.82) is 0 Å². The first-order chi connectivity index (χ1) is 8.90. The second-order valence-electron chi connectivity index (χ2n) is 6.02. The van der Waals surface area contributed by atoms with Crippen LogP contribution >= 0.6 is 0 Å². The molecule has 3 N–H and O–H groups in total. The van der Waals surface area contributed by atoms with Crippen molar-refractivity contribution >= 4 is 11.9 Å². The van der Waals surface area contributed by atoms with Gasteiger partial charge in [0, 0.05) is 13.0 Å². The number of amides is 1. The molecule has 1 unspecified atom stereocenters. The van der Waals surface area contributed by atoms with Gasteiger partial charge in [-0.15, -0.1) is 0 Å². The number of carbonyl (C=O) groups excluding carboxylic acids is 1. The summed E-state index contributed by atoms with van der Waals surface area (Å²) in [5.74, 6) is -0.919. The SMILES string of the molecule is CC1(C)CCCN(C(=O)CCCCCN)C1C(=O)O. The van der Waals surface area contributed by atoms with Crippen LogP contribution < -0.4 is 5.73 Å². The summed E-state index contributed by atoms with van der Waals surface area (Å²) in [5, 5.41) is 9.39. The fourth-order valence-corrected chi connectivity index (χ4v) is 2.87. The van der Waals surface area contributed by atoms with Crippen LogP contribution in [0.25, 0.3) is 0 Å². The highest BCUT2D eigenvalue weighted by Crippen LogP contribution is 2.35. The van der Waals surface area contributed by atoms with E-state index in [4.69, 9.17) is 5.73 Å². The summed E-state index contributed by atoms with van der Waals surface area (Å²) < 4.78 is 0. The van der Waals surface area contributed by atoms with Gasteiger partial charge in [0.1, 0.15) is 6.04 Å². The minimum Gasteiger partial charge on any atom is -0.480 e. The van der Waals surface area contributed by atoms with Crippen LogP contribution in [0.2, 0.25) is 0 Å². The molecule has 0 saturated carbocycles. The quantitative estimate of drug-likeness (QED) is 0.718. The normalized spacial score (nSPS) is 22.3. The van der Waals surface area contributed by atoms with Crippen LogP contribution in [-0.2, 0) is 9.59 Å². The Balaban J connectivity index is 2.62. The molecule has 5 heteroatoms. The monoisotopic (exact) mass is 270 g/mol. The van der Waals surface area contributed by atoms with Gasteiger partial charge in [0.05, 0.1) is 0 Å². The van der Waals surface area contributed by atoms with E-state index in [0.29, 0.717) is 19.5 Å². The maximum Gasteiger partial charge on any atom is 0.326 e. The first-order valence-electron chi connectivity index (χ1n) is 7.12. The van der Waals surface area contributed by atoms with E-state index in [2.05, 4.69) is 0 Å². The lowest BCUT2D eigenvalue weighted by Gasteiger charge is -2.44. The lowest BCUT2D eigenvalue weighted by Crippen LogP contribution is -2.56. The van der Waals surface area contributed by atoms with Gasteiger partial charge in [-0.05, 0) is 37.6 Å². The van der Waals surface area contributed by atoms with E-state index in [1.165, 1.54) is 0 Å². The molecular formula is C14H26N2O3. The van der Waals surface area contributed by atoms with Gasteiger partial charge in [-0.2, -0.15) is 0 Å². The Kier molecular flexibility index (Phi) is 5.79. The molecule has 19 heavy (non-hydrogen) atoms. The van der Waals surface area contributed by atoms with Crippen molar-refractivity contribution in [3.63, 3.8) is 0 Å². The number of hydrogen-bond acceptors (Lipinski definition) is 3. The van der Waals surface area contributed by atoms with Crippen molar-refractivity contribution < 1.29 is 14.7 Å². The number of unbranched alkanes of at least 4 members (excludes halogenated alkanes) is 2. The molecule has 1 atom stereocenters. The maximum atomic E-state index is 12.2. The second kappa shape index (κ2) is 6.89. The van der Waals surface area contributed by atoms with Gasteiger partial charge in [0.15, 0.2) is 0 Å². The average molecular weight is 270 g/mol. The van der Waals surface area contributed by atoms with Crippen LogP contribution in [0, 0.1) is 5.41 Å². The van der Waals surface area contributed by atoms with Gasteiger partial charge in [-0.3, -0.25) is 4.79 Å². The van der Waals surface area contributed by atoms with Gasteiger partial charge < -0.3 is 15.7 Å². The fraction of sp³-hybridized carbons (Fsp3) is 0.857. The van der Waals surface area contributed by atoms with Crippen molar-refractivity contribution in [1.82, 2.24) is 4.90 Å². The number of piperidine rings is 1. The molecule has 0 aliphatic carbocycles. The van der Waals surface area contributed by atoms with Crippen molar-refractivity contribution in [3.8, 4) is 0 Å². The highest BCUT2D eigenvalue weighted by molar-refractivity contribution is 5.84. The van der Waals surface area contributed by atoms with Crippen LogP contribution in [-0.4, -0.2) is 41.0 Å². The van der Waals surface area contributed by atoms with Crippen LogP contribution in [0.15, 0.2) is 0 Å². The van der Waals surface area contributed by atoms with E-state index in [0.717, 1.165) is 32.1 Å². The zero-order valence-corrected chi connectivity index (χ0v) is 12.0. The number of carbonyl (C=O) groups is 2. The van der Waals surface area contributed by atoms with Crippen LogP contribution in [0.1, 0.15) is 52.4 Å². The highest BCUT2D eigenvalue weighted by atomic mass is 16.4. The van der Waals surface area contributed by atoms with Crippen molar-refractivity contribution in [2.45, 2.75) is 58.4 Å². The molecule has 0 radical (unpaired) electrons.